The third-order valence-electron chi connectivity index (χ3n) is 7.79. The zero-order chi connectivity index (χ0) is 17.3. The molecule has 2 bridgehead atoms. The van der Waals surface area contributed by atoms with Gasteiger partial charge in [-0.15, -0.1) is 0 Å². The lowest BCUT2D eigenvalue weighted by atomic mass is 9.51. The first-order valence-corrected chi connectivity index (χ1v) is 9.82. The Balaban J connectivity index is 1.74. The van der Waals surface area contributed by atoms with E-state index < -0.39 is 0 Å². The summed E-state index contributed by atoms with van der Waals surface area (Å²) in [7, 11) is 0. The number of nitrogens with zero attached hydrogens (tertiary/aromatic N) is 1. The van der Waals surface area contributed by atoms with Gasteiger partial charge in [0, 0.05) is 30.0 Å². The Morgan fingerprint density at radius 3 is 2.88 bits per heavy atom. The number of benzene rings is 1. The molecule has 7 atom stereocenters. The summed E-state index contributed by atoms with van der Waals surface area (Å²) >= 11 is 0. The average molecular weight is 340 g/mol. The van der Waals surface area contributed by atoms with E-state index in [2.05, 4.69) is 30.0 Å². The molecule has 0 radical (unpaired) electrons. The molecule has 2 N–H and O–H groups in total. The predicted molar refractivity (Wildman–Crippen MR) is 97.4 cm³/mol. The van der Waals surface area contributed by atoms with E-state index in [4.69, 9.17) is 10.5 Å². The van der Waals surface area contributed by atoms with Crippen LogP contribution in [-0.2, 0) is 14.9 Å². The smallest absolute Gasteiger partial charge is 0.224 e. The van der Waals surface area contributed by atoms with Crippen LogP contribution in [0, 0.1) is 17.8 Å². The van der Waals surface area contributed by atoms with Crippen LogP contribution in [0.4, 0.5) is 5.69 Å². The van der Waals surface area contributed by atoms with Crippen molar-refractivity contribution >= 4 is 11.6 Å². The number of ether oxygens (including phenoxy) is 1. The summed E-state index contributed by atoms with van der Waals surface area (Å²) in [5, 5.41) is 0. The highest BCUT2D eigenvalue weighted by atomic mass is 16.5. The molecule has 1 aromatic carbocycles. The second kappa shape index (κ2) is 5.31. The molecule has 0 aromatic heterocycles. The van der Waals surface area contributed by atoms with Gasteiger partial charge in [0.25, 0.3) is 0 Å². The van der Waals surface area contributed by atoms with Crippen molar-refractivity contribution in [3.8, 4) is 0 Å². The van der Waals surface area contributed by atoms with Crippen LogP contribution in [0.3, 0.4) is 0 Å². The topological polar surface area (TPSA) is 55.6 Å². The molecule has 2 aliphatic heterocycles. The number of para-hydroxylation sites is 1. The van der Waals surface area contributed by atoms with Gasteiger partial charge in [-0.25, -0.2) is 0 Å². The van der Waals surface area contributed by atoms with Crippen molar-refractivity contribution in [2.45, 2.75) is 63.1 Å². The van der Waals surface area contributed by atoms with Gasteiger partial charge in [-0.2, -0.15) is 0 Å². The SMILES string of the molecule is CC(=O)N1c2ccccc2C23CCCC4C(C)OCC(C4CC2N)C13. The molecule has 2 aliphatic carbocycles. The van der Waals surface area contributed by atoms with Crippen LogP contribution < -0.4 is 10.6 Å². The minimum atomic E-state index is -0.0989. The lowest BCUT2D eigenvalue weighted by Crippen LogP contribution is -2.68. The van der Waals surface area contributed by atoms with Crippen LogP contribution in [0.1, 0.15) is 45.1 Å². The summed E-state index contributed by atoms with van der Waals surface area (Å²) in [4.78, 5) is 14.8. The maximum absolute atomic E-state index is 12.7. The molecule has 4 heteroatoms. The van der Waals surface area contributed by atoms with E-state index in [-0.39, 0.29) is 23.4 Å². The monoisotopic (exact) mass is 340 g/mol. The largest absolute Gasteiger partial charge is 0.378 e. The van der Waals surface area contributed by atoms with Gasteiger partial charge in [0.2, 0.25) is 5.91 Å². The Bertz CT molecular complexity index is 720. The number of hydrogen-bond acceptors (Lipinski definition) is 3. The average Bonchev–Trinajstić information content (AvgIpc) is 2.88. The first kappa shape index (κ1) is 15.8. The predicted octanol–water partition coefficient (Wildman–Crippen LogP) is 2.84. The van der Waals surface area contributed by atoms with Gasteiger partial charge in [-0.05, 0) is 49.7 Å². The molecule has 3 fully saturated rings. The second-order valence-electron chi connectivity index (χ2n) is 8.66. The number of hydrogen-bond donors (Lipinski definition) is 1. The maximum Gasteiger partial charge on any atom is 0.224 e. The Morgan fingerprint density at radius 2 is 2.08 bits per heavy atom. The van der Waals surface area contributed by atoms with E-state index in [1.54, 1.807) is 6.92 Å². The summed E-state index contributed by atoms with van der Waals surface area (Å²) in [5.74, 6) is 1.70. The zero-order valence-corrected chi connectivity index (χ0v) is 15.2. The fourth-order valence-corrected chi connectivity index (χ4v) is 6.88. The summed E-state index contributed by atoms with van der Waals surface area (Å²) in [5.41, 5.74) is 9.21. The standard InChI is InChI=1S/C21H28N2O2/c1-12-14-6-5-9-21-17-7-3-4-8-18(17)23(13(2)24)20(21)16(11-25-12)15(14)10-19(21)22/h3-4,7-8,12,14-16,19-20H,5-6,9-11,22H2,1-2H3. The lowest BCUT2D eigenvalue weighted by Gasteiger charge is -2.59. The van der Waals surface area contributed by atoms with Crippen LogP contribution >= 0.6 is 0 Å². The summed E-state index contributed by atoms with van der Waals surface area (Å²) < 4.78 is 6.22. The van der Waals surface area contributed by atoms with Gasteiger partial charge in [0.05, 0.1) is 18.8 Å². The van der Waals surface area contributed by atoms with E-state index in [9.17, 15) is 4.79 Å². The van der Waals surface area contributed by atoms with Crippen molar-refractivity contribution in [2.75, 3.05) is 11.5 Å². The molecule has 7 unspecified atom stereocenters. The maximum atomic E-state index is 12.7. The molecule has 134 valence electrons. The highest BCUT2D eigenvalue weighted by Crippen LogP contribution is 2.61. The summed E-state index contributed by atoms with van der Waals surface area (Å²) in [6, 6.07) is 8.76. The Kier molecular flexibility index (Phi) is 3.36. The molecule has 1 aromatic rings. The second-order valence-corrected chi connectivity index (χ2v) is 8.66. The highest BCUT2D eigenvalue weighted by molar-refractivity contribution is 5.96. The van der Waals surface area contributed by atoms with Crippen molar-refractivity contribution in [3.05, 3.63) is 29.8 Å². The molecule has 2 heterocycles. The zero-order valence-electron chi connectivity index (χ0n) is 15.2. The molecular weight excluding hydrogens is 312 g/mol. The molecule has 1 amide bonds. The van der Waals surface area contributed by atoms with Crippen molar-refractivity contribution in [3.63, 3.8) is 0 Å². The Labute approximate surface area is 149 Å². The molecule has 4 nitrogen and oxygen atoms in total. The van der Waals surface area contributed by atoms with E-state index in [0.29, 0.717) is 23.9 Å². The number of amides is 1. The van der Waals surface area contributed by atoms with Crippen LogP contribution in [0.5, 0.6) is 0 Å². The lowest BCUT2D eigenvalue weighted by molar-refractivity contribution is -0.134. The summed E-state index contributed by atoms with van der Waals surface area (Å²) in [6.45, 7) is 4.69. The van der Waals surface area contributed by atoms with E-state index >= 15 is 0 Å². The number of fused-ring (bicyclic) bond motifs is 3. The Morgan fingerprint density at radius 1 is 1.28 bits per heavy atom. The third kappa shape index (κ3) is 1.87. The van der Waals surface area contributed by atoms with E-state index in [1.165, 1.54) is 18.4 Å². The van der Waals surface area contributed by atoms with E-state index in [1.807, 2.05) is 6.07 Å². The van der Waals surface area contributed by atoms with Crippen LogP contribution in [0.15, 0.2) is 24.3 Å². The van der Waals surface area contributed by atoms with Gasteiger partial charge in [-0.1, -0.05) is 24.6 Å². The first-order chi connectivity index (χ1) is 12.1. The number of carbonyl (C=O) groups is 1. The van der Waals surface area contributed by atoms with Gasteiger partial charge in [0.1, 0.15) is 0 Å². The number of anilines is 1. The van der Waals surface area contributed by atoms with Crippen LogP contribution in [0.25, 0.3) is 0 Å². The van der Waals surface area contributed by atoms with Crippen molar-refractivity contribution in [1.82, 2.24) is 0 Å². The van der Waals surface area contributed by atoms with Crippen LogP contribution in [-0.4, -0.2) is 30.7 Å². The molecule has 5 rings (SSSR count). The van der Waals surface area contributed by atoms with Gasteiger partial charge in [-0.3, -0.25) is 4.79 Å². The minimum Gasteiger partial charge on any atom is -0.378 e. The molecular formula is C21H28N2O2. The molecule has 1 spiro atoms. The van der Waals surface area contributed by atoms with E-state index in [0.717, 1.165) is 25.1 Å². The van der Waals surface area contributed by atoms with Gasteiger partial charge >= 0.3 is 0 Å². The first-order valence-electron chi connectivity index (χ1n) is 9.82. The van der Waals surface area contributed by atoms with Crippen LogP contribution in [0.2, 0.25) is 0 Å². The Hall–Kier alpha value is -1.39. The highest BCUT2D eigenvalue weighted by Gasteiger charge is 2.64. The number of rotatable bonds is 0. The molecule has 25 heavy (non-hydrogen) atoms. The van der Waals surface area contributed by atoms with Gasteiger partial charge in [0.15, 0.2) is 0 Å². The van der Waals surface area contributed by atoms with Crippen molar-refractivity contribution in [1.29, 1.82) is 0 Å². The van der Waals surface area contributed by atoms with Crippen molar-refractivity contribution in [2.24, 2.45) is 23.5 Å². The normalized spacial score (nSPS) is 44.7. The minimum absolute atomic E-state index is 0.0989. The van der Waals surface area contributed by atoms with Gasteiger partial charge < -0.3 is 15.4 Å². The summed E-state index contributed by atoms with van der Waals surface area (Å²) in [6.07, 6.45) is 4.87. The molecule has 2 saturated carbocycles. The fraction of sp³-hybridized carbons (Fsp3) is 0.667. The molecule has 1 saturated heterocycles. The van der Waals surface area contributed by atoms with Crippen molar-refractivity contribution < 1.29 is 9.53 Å². The fourth-order valence-electron chi connectivity index (χ4n) is 6.88. The third-order valence-corrected chi connectivity index (χ3v) is 7.79. The molecule has 4 aliphatic rings. The number of carbonyl (C=O) groups excluding carboxylic acids is 1. The number of nitrogens with two attached hydrogens (primary N) is 1. The quantitative estimate of drug-likeness (QED) is 0.790.